The Hall–Kier alpha value is -1.34. The van der Waals surface area contributed by atoms with Crippen molar-refractivity contribution in [3.05, 3.63) is 0 Å². The number of rotatable bonds is 6. The van der Waals surface area contributed by atoms with Gasteiger partial charge in [-0.1, -0.05) is 26.7 Å². The minimum absolute atomic E-state index is 0.147. The number of hydrogen-bond donors (Lipinski definition) is 4. The van der Waals surface area contributed by atoms with E-state index in [-0.39, 0.29) is 18.4 Å². The van der Waals surface area contributed by atoms with Crippen molar-refractivity contribution in [1.82, 2.24) is 5.32 Å². The zero-order valence-electron chi connectivity index (χ0n) is 15.3. The molecular weight excluding hydrogens is 312 g/mol. The average Bonchev–Trinajstić information content (AvgIpc) is 2.74. The number of aliphatic hydroxyl groups excluding tert-OH is 1. The number of carboxylic acids is 1. The van der Waals surface area contributed by atoms with Gasteiger partial charge in [0.2, 0.25) is 0 Å². The molecule has 0 heterocycles. The first-order valence-electron chi connectivity index (χ1n) is 8.67. The van der Waals surface area contributed by atoms with Crippen LogP contribution >= 0.6 is 0 Å². The first-order chi connectivity index (χ1) is 11.0. The van der Waals surface area contributed by atoms with Crippen LogP contribution < -0.4 is 11.1 Å². The normalized spacial score (nSPS) is 28.7. The maximum Gasteiger partial charge on any atom is 0.407 e. The molecule has 1 fully saturated rings. The van der Waals surface area contributed by atoms with Crippen LogP contribution in [0.4, 0.5) is 4.79 Å². The van der Waals surface area contributed by atoms with E-state index in [1.807, 2.05) is 13.8 Å². The lowest BCUT2D eigenvalue weighted by molar-refractivity contribution is -0.145. The molecule has 1 aliphatic rings. The third kappa shape index (κ3) is 5.08. The second kappa shape index (κ2) is 8.16. The fraction of sp³-hybridized carbons (Fsp3) is 0.882. The molecule has 140 valence electrons. The van der Waals surface area contributed by atoms with Gasteiger partial charge in [-0.25, -0.2) is 4.79 Å². The number of carbonyl (C=O) groups excluding carboxylic acids is 1. The van der Waals surface area contributed by atoms with Crippen LogP contribution in [-0.4, -0.2) is 46.1 Å². The summed E-state index contributed by atoms with van der Waals surface area (Å²) < 4.78 is 5.25. The summed E-state index contributed by atoms with van der Waals surface area (Å²) in [5.41, 5.74) is 5.69. The van der Waals surface area contributed by atoms with Gasteiger partial charge >= 0.3 is 12.1 Å². The summed E-state index contributed by atoms with van der Waals surface area (Å²) in [4.78, 5) is 23.5. The van der Waals surface area contributed by atoms with Gasteiger partial charge in [0.25, 0.3) is 0 Å². The average molecular weight is 344 g/mol. The highest BCUT2D eigenvalue weighted by atomic mass is 16.6. The van der Waals surface area contributed by atoms with E-state index in [4.69, 9.17) is 10.5 Å². The van der Waals surface area contributed by atoms with Crippen molar-refractivity contribution in [2.24, 2.45) is 23.5 Å². The Labute approximate surface area is 143 Å². The Bertz CT molecular complexity index is 445. The molecule has 0 radical (unpaired) electrons. The zero-order chi connectivity index (χ0) is 18.7. The van der Waals surface area contributed by atoms with Crippen LogP contribution in [-0.2, 0) is 9.53 Å². The van der Waals surface area contributed by atoms with Gasteiger partial charge < -0.3 is 26.0 Å². The summed E-state index contributed by atoms with van der Waals surface area (Å²) in [5, 5.41) is 22.5. The number of alkyl carbamates (subject to hydrolysis) is 1. The summed E-state index contributed by atoms with van der Waals surface area (Å²) in [6.07, 6.45) is 0.106. The highest BCUT2D eigenvalue weighted by Gasteiger charge is 2.50. The molecule has 0 spiro atoms. The molecule has 0 aromatic rings. The second-order valence-electron chi connectivity index (χ2n) is 7.66. The van der Waals surface area contributed by atoms with Gasteiger partial charge in [0, 0.05) is 18.0 Å². The molecule has 0 bridgehead atoms. The number of hydrogen-bond acceptors (Lipinski definition) is 5. The second-order valence-corrected chi connectivity index (χ2v) is 7.66. The van der Waals surface area contributed by atoms with Crippen LogP contribution in [0.25, 0.3) is 0 Å². The zero-order valence-corrected chi connectivity index (χ0v) is 15.3. The maximum atomic E-state index is 12.1. The quantitative estimate of drug-likeness (QED) is 0.582. The van der Waals surface area contributed by atoms with Gasteiger partial charge in [0.15, 0.2) is 0 Å². The number of amides is 1. The maximum absolute atomic E-state index is 12.1. The number of carbonyl (C=O) groups is 2. The molecule has 1 saturated carbocycles. The van der Waals surface area contributed by atoms with Crippen LogP contribution in [0.1, 0.15) is 53.9 Å². The summed E-state index contributed by atoms with van der Waals surface area (Å²) in [6, 6.07) is -0.911. The molecule has 0 aromatic carbocycles. The number of ether oxygens (including phenoxy) is 1. The van der Waals surface area contributed by atoms with E-state index in [9.17, 15) is 19.8 Å². The van der Waals surface area contributed by atoms with Crippen LogP contribution in [0.15, 0.2) is 0 Å². The van der Waals surface area contributed by atoms with Crippen LogP contribution in [0, 0.1) is 17.8 Å². The van der Waals surface area contributed by atoms with Crippen LogP contribution in [0.3, 0.4) is 0 Å². The van der Waals surface area contributed by atoms with Crippen molar-refractivity contribution in [1.29, 1.82) is 0 Å². The van der Waals surface area contributed by atoms with E-state index >= 15 is 0 Å². The molecule has 1 aliphatic carbocycles. The predicted octanol–water partition coefficient (Wildman–Crippen LogP) is 1.72. The van der Waals surface area contributed by atoms with Crippen LogP contribution in [0.2, 0.25) is 0 Å². The molecule has 1 rings (SSSR count). The lowest BCUT2D eigenvalue weighted by Crippen LogP contribution is -2.51. The van der Waals surface area contributed by atoms with Gasteiger partial charge in [-0.2, -0.15) is 0 Å². The molecule has 1 amide bonds. The highest BCUT2D eigenvalue weighted by Crippen LogP contribution is 2.37. The van der Waals surface area contributed by atoms with E-state index in [2.05, 4.69) is 5.32 Å². The molecule has 0 aliphatic heterocycles. The smallest absolute Gasteiger partial charge is 0.407 e. The van der Waals surface area contributed by atoms with Crippen molar-refractivity contribution < 1.29 is 24.5 Å². The Kier molecular flexibility index (Phi) is 7.04. The third-order valence-corrected chi connectivity index (χ3v) is 4.84. The first kappa shape index (κ1) is 20.7. The lowest BCUT2D eigenvalue weighted by atomic mass is 9.81. The molecule has 5 atom stereocenters. The summed E-state index contributed by atoms with van der Waals surface area (Å²) in [6.45, 7) is 9.29. The van der Waals surface area contributed by atoms with Crippen LogP contribution in [0.5, 0.6) is 0 Å². The molecule has 0 unspecified atom stereocenters. The molecular formula is C17H32N2O5. The van der Waals surface area contributed by atoms with Gasteiger partial charge in [-0.3, -0.25) is 4.79 Å². The topological polar surface area (TPSA) is 122 Å². The fourth-order valence-electron chi connectivity index (χ4n) is 3.58. The molecule has 7 heteroatoms. The van der Waals surface area contributed by atoms with E-state index < -0.39 is 41.6 Å². The van der Waals surface area contributed by atoms with Crippen molar-refractivity contribution in [2.75, 3.05) is 0 Å². The summed E-state index contributed by atoms with van der Waals surface area (Å²) in [5.74, 6) is -2.36. The number of nitrogens with one attached hydrogen (secondary N) is 1. The Morgan fingerprint density at radius 2 is 1.83 bits per heavy atom. The fourth-order valence-corrected chi connectivity index (χ4v) is 3.58. The molecule has 0 saturated heterocycles. The van der Waals surface area contributed by atoms with Gasteiger partial charge in [0.05, 0.1) is 12.0 Å². The van der Waals surface area contributed by atoms with E-state index in [1.165, 1.54) is 0 Å². The SMILES string of the molecule is CCC(CC)[C@H](N)[C@@H]1[C@H](O)[C@@H](C(=O)O)C[C@H]1NC(=O)OC(C)(C)C. The summed E-state index contributed by atoms with van der Waals surface area (Å²) >= 11 is 0. The minimum Gasteiger partial charge on any atom is -0.481 e. The Morgan fingerprint density at radius 1 is 1.29 bits per heavy atom. The first-order valence-corrected chi connectivity index (χ1v) is 8.67. The number of carboxylic acid groups (broad SMARTS) is 1. The number of aliphatic carboxylic acids is 1. The van der Waals surface area contributed by atoms with Crippen molar-refractivity contribution in [2.45, 2.75) is 77.7 Å². The Morgan fingerprint density at radius 3 is 2.25 bits per heavy atom. The largest absolute Gasteiger partial charge is 0.481 e. The minimum atomic E-state index is -1.09. The van der Waals surface area contributed by atoms with Crippen molar-refractivity contribution >= 4 is 12.1 Å². The summed E-state index contributed by atoms with van der Waals surface area (Å²) in [7, 11) is 0. The molecule has 0 aromatic heterocycles. The standard InChI is InChI=1S/C17H32N2O5/c1-6-9(7-2)13(18)12-11(8-10(14(12)20)15(21)22)19-16(23)24-17(3,4)5/h9-14,20H,6-8,18H2,1-5H3,(H,19,23)(H,21,22)/t10-,11+,12+,13-,14+/m0/s1. The lowest BCUT2D eigenvalue weighted by Gasteiger charge is -2.33. The van der Waals surface area contributed by atoms with Gasteiger partial charge in [-0.05, 0) is 33.1 Å². The predicted molar refractivity (Wildman–Crippen MR) is 90.4 cm³/mol. The number of aliphatic hydroxyl groups is 1. The van der Waals surface area contributed by atoms with Gasteiger partial charge in [0.1, 0.15) is 5.60 Å². The third-order valence-electron chi connectivity index (χ3n) is 4.84. The Balaban J connectivity index is 2.96. The van der Waals surface area contributed by atoms with E-state index in [0.29, 0.717) is 0 Å². The molecule has 24 heavy (non-hydrogen) atoms. The highest BCUT2D eigenvalue weighted by molar-refractivity contribution is 5.72. The molecule has 7 nitrogen and oxygen atoms in total. The van der Waals surface area contributed by atoms with Gasteiger partial charge in [-0.15, -0.1) is 0 Å². The molecule has 5 N–H and O–H groups in total. The number of nitrogens with two attached hydrogens (primary N) is 1. The van der Waals surface area contributed by atoms with E-state index in [0.717, 1.165) is 12.8 Å². The van der Waals surface area contributed by atoms with Crippen molar-refractivity contribution in [3.8, 4) is 0 Å². The monoisotopic (exact) mass is 344 g/mol. The van der Waals surface area contributed by atoms with Crippen molar-refractivity contribution in [3.63, 3.8) is 0 Å². The van der Waals surface area contributed by atoms with E-state index in [1.54, 1.807) is 20.8 Å².